The van der Waals surface area contributed by atoms with Crippen LogP contribution in [0.2, 0.25) is 0 Å². The van der Waals surface area contributed by atoms with Gasteiger partial charge >= 0.3 is 0 Å². The smallest absolute Gasteiger partial charge is 0.211 e. The lowest BCUT2D eigenvalue weighted by Crippen LogP contribution is -2.40. The molecule has 1 aliphatic rings. The summed E-state index contributed by atoms with van der Waals surface area (Å²) < 4.78 is 26.1. The van der Waals surface area contributed by atoms with Crippen LogP contribution < -0.4 is 4.72 Å². The van der Waals surface area contributed by atoms with Crippen molar-refractivity contribution in [2.45, 2.75) is 32.7 Å². The van der Waals surface area contributed by atoms with E-state index in [2.05, 4.69) is 16.5 Å². The van der Waals surface area contributed by atoms with Crippen LogP contribution in [0.4, 0.5) is 0 Å². The molecule has 2 atom stereocenters. The molecule has 1 fully saturated rings. The first kappa shape index (κ1) is 12.9. The van der Waals surface area contributed by atoms with Gasteiger partial charge in [0.15, 0.2) is 0 Å². The molecule has 90 valence electrons. The van der Waals surface area contributed by atoms with Gasteiger partial charge in [0, 0.05) is 19.1 Å². The van der Waals surface area contributed by atoms with Crippen LogP contribution in [0.3, 0.4) is 0 Å². The second-order valence-electron chi connectivity index (χ2n) is 4.60. The zero-order chi connectivity index (χ0) is 11.5. The molecular formula is C10H22N2O2S. The minimum Gasteiger partial charge on any atom is -0.304 e. The Hall–Kier alpha value is -0.130. The standard InChI is InChI=1S/C10H22N2O2S/c1-4-5-6-15(13,14)11-10-8-12(3)7-9(10)2/h9-11H,4-8H2,1-3H3/t9-,10-/m0/s1. The van der Waals surface area contributed by atoms with Gasteiger partial charge < -0.3 is 4.90 Å². The normalized spacial score (nSPS) is 28.5. The third-order valence-electron chi connectivity index (χ3n) is 2.89. The fraction of sp³-hybridized carbons (Fsp3) is 1.00. The molecule has 1 saturated heterocycles. The molecule has 0 unspecified atom stereocenters. The Bertz CT molecular complexity index is 290. The van der Waals surface area contributed by atoms with Gasteiger partial charge in [-0.3, -0.25) is 0 Å². The minimum atomic E-state index is -3.06. The Morgan fingerprint density at radius 2 is 2.07 bits per heavy atom. The van der Waals surface area contributed by atoms with Crippen molar-refractivity contribution in [1.82, 2.24) is 9.62 Å². The first-order chi connectivity index (χ1) is 6.94. The van der Waals surface area contributed by atoms with Gasteiger partial charge in [-0.1, -0.05) is 20.3 Å². The first-order valence-electron chi connectivity index (χ1n) is 5.63. The molecule has 1 heterocycles. The molecule has 1 N–H and O–H groups in total. The van der Waals surface area contributed by atoms with Crippen molar-refractivity contribution in [3.63, 3.8) is 0 Å². The van der Waals surface area contributed by atoms with Crippen LogP contribution in [0.25, 0.3) is 0 Å². The van der Waals surface area contributed by atoms with Gasteiger partial charge in [0.05, 0.1) is 5.75 Å². The highest BCUT2D eigenvalue weighted by Gasteiger charge is 2.30. The van der Waals surface area contributed by atoms with E-state index < -0.39 is 10.0 Å². The highest BCUT2D eigenvalue weighted by atomic mass is 32.2. The minimum absolute atomic E-state index is 0.0943. The summed E-state index contributed by atoms with van der Waals surface area (Å²) in [6.07, 6.45) is 1.66. The molecule has 0 radical (unpaired) electrons. The van der Waals surface area contributed by atoms with Crippen molar-refractivity contribution in [1.29, 1.82) is 0 Å². The highest BCUT2D eigenvalue weighted by Crippen LogP contribution is 2.15. The molecule has 0 saturated carbocycles. The second kappa shape index (κ2) is 5.27. The molecule has 0 aliphatic carbocycles. The molecule has 4 nitrogen and oxygen atoms in total. The summed E-state index contributed by atoms with van der Waals surface area (Å²) in [7, 11) is -1.04. The van der Waals surface area contributed by atoms with E-state index in [9.17, 15) is 8.42 Å². The van der Waals surface area contributed by atoms with E-state index in [1.807, 2.05) is 14.0 Å². The molecular weight excluding hydrogens is 212 g/mol. The van der Waals surface area contributed by atoms with Crippen LogP contribution >= 0.6 is 0 Å². The maximum Gasteiger partial charge on any atom is 0.211 e. The Labute approximate surface area is 93.1 Å². The maximum atomic E-state index is 11.7. The van der Waals surface area contributed by atoms with Crippen LogP contribution in [0.15, 0.2) is 0 Å². The van der Waals surface area contributed by atoms with Gasteiger partial charge in [-0.2, -0.15) is 0 Å². The molecule has 0 aromatic rings. The Balaban J connectivity index is 2.47. The zero-order valence-corrected chi connectivity index (χ0v) is 10.7. The molecule has 0 aromatic carbocycles. The number of hydrogen-bond donors (Lipinski definition) is 1. The van der Waals surface area contributed by atoms with Crippen LogP contribution in [-0.2, 0) is 10.0 Å². The third-order valence-corrected chi connectivity index (χ3v) is 4.38. The Morgan fingerprint density at radius 3 is 2.53 bits per heavy atom. The molecule has 0 bridgehead atoms. The average Bonchev–Trinajstić information content (AvgIpc) is 2.41. The number of rotatable bonds is 5. The Morgan fingerprint density at radius 1 is 1.40 bits per heavy atom. The van der Waals surface area contributed by atoms with E-state index >= 15 is 0 Å². The Kier molecular flexibility index (Phi) is 4.55. The number of likely N-dealkylation sites (N-methyl/N-ethyl adjacent to an activating group) is 1. The SMILES string of the molecule is CCCCS(=O)(=O)N[C@H]1CN(C)C[C@@H]1C. The quantitative estimate of drug-likeness (QED) is 0.760. The van der Waals surface area contributed by atoms with Crippen LogP contribution in [0, 0.1) is 5.92 Å². The molecule has 0 amide bonds. The average molecular weight is 234 g/mol. The van der Waals surface area contributed by atoms with E-state index in [0.29, 0.717) is 5.92 Å². The number of likely N-dealkylation sites (tertiary alicyclic amines) is 1. The predicted octanol–water partition coefficient (Wildman–Crippen LogP) is 0.656. The maximum absolute atomic E-state index is 11.7. The lowest BCUT2D eigenvalue weighted by Gasteiger charge is -2.16. The van der Waals surface area contributed by atoms with Gasteiger partial charge in [-0.05, 0) is 19.4 Å². The van der Waals surface area contributed by atoms with Gasteiger partial charge in [0.25, 0.3) is 0 Å². The van der Waals surface area contributed by atoms with Crippen molar-refractivity contribution < 1.29 is 8.42 Å². The van der Waals surface area contributed by atoms with E-state index in [4.69, 9.17) is 0 Å². The lowest BCUT2D eigenvalue weighted by atomic mass is 10.1. The predicted molar refractivity (Wildman–Crippen MR) is 62.3 cm³/mol. The monoisotopic (exact) mass is 234 g/mol. The fourth-order valence-corrected chi connectivity index (χ4v) is 3.54. The van der Waals surface area contributed by atoms with E-state index in [-0.39, 0.29) is 11.8 Å². The summed E-state index contributed by atoms with van der Waals surface area (Å²) >= 11 is 0. The number of sulfonamides is 1. The summed E-state index contributed by atoms with van der Waals surface area (Å²) in [5.41, 5.74) is 0. The summed E-state index contributed by atoms with van der Waals surface area (Å²) in [5.74, 6) is 0.669. The van der Waals surface area contributed by atoms with Crippen LogP contribution in [-0.4, -0.2) is 45.2 Å². The van der Waals surface area contributed by atoms with E-state index in [1.54, 1.807) is 0 Å². The van der Waals surface area contributed by atoms with E-state index in [1.165, 1.54) is 0 Å². The van der Waals surface area contributed by atoms with Crippen molar-refractivity contribution in [2.75, 3.05) is 25.9 Å². The number of hydrogen-bond acceptors (Lipinski definition) is 3. The van der Waals surface area contributed by atoms with E-state index in [0.717, 1.165) is 25.9 Å². The highest BCUT2D eigenvalue weighted by molar-refractivity contribution is 7.89. The van der Waals surface area contributed by atoms with Gasteiger partial charge in [0.2, 0.25) is 10.0 Å². The van der Waals surface area contributed by atoms with Gasteiger partial charge in [-0.25, -0.2) is 13.1 Å². The molecule has 5 heteroatoms. The number of nitrogens with zero attached hydrogens (tertiary/aromatic N) is 1. The molecule has 1 rings (SSSR count). The second-order valence-corrected chi connectivity index (χ2v) is 6.47. The molecule has 1 aliphatic heterocycles. The lowest BCUT2D eigenvalue weighted by molar-refractivity contribution is 0.400. The van der Waals surface area contributed by atoms with Gasteiger partial charge in [0.1, 0.15) is 0 Å². The molecule has 0 aromatic heterocycles. The summed E-state index contributed by atoms with van der Waals surface area (Å²) in [6, 6.07) is 0.0943. The van der Waals surface area contributed by atoms with Crippen molar-refractivity contribution >= 4 is 10.0 Å². The largest absolute Gasteiger partial charge is 0.304 e. The van der Waals surface area contributed by atoms with Gasteiger partial charge in [-0.15, -0.1) is 0 Å². The molecule has 0 spiro atoms. The van der Waals surface area contributed by atoms with Crippen molar-refractivity contribution in [2.24, 2.45) is 5.92 Å². The number of nitrogens with one attached hydrogen (secondary N) is 1. The summed E-state index contributed by atoms with van der Waals surface area (Å²) in [5, 5.41) is 0. The molecule has 15 heavy (non-hydrogen) atoms. The topological polar surface area (TPSA) is 49.4 Å². The van der Waals surface area contributed by atoms with Crippen LogP contribution in [0.1, 0.15) is 26.7 Å². The number of unbranched alkanes of at least 4 members (excludes halogenated alkanes) is 1. The third kappa shape index (κ3) is 4.09. The van der Waals surface area contributed by atoms with Crippen molar-refractivity contribution in [3.05, 3.63) is 0 Å². The summed E-state index contributed by atoms with van der Waals surface area (Å²) in [4.78, 5) is 2.16. The summed E-state index contributed by atoms with van der Waals surface area (Å²) in [6.45, 7) is 5.89. The zero-order valence-electron chi connectivity index (χ0n) is 9.86. The van der Waals surface area contributed by atoms with Crippen LogP contribution in [0.5, 0.6) is 0 Å². The van der Waals surface area contributed by atoms with Crippen molar-refractivity contribution in [3.8, 4) is 0 Å². The first-order valence-corrected chi connectivity index (χ1v) is 7.28. The fourth-order valence-electron chi connectivity index (χ4n) is 1.99.